The van der Waals surface area contributed by atoms with Crippen LogP contribution in [0.2, 0.25) is 0 Å². The molecule has 1 aliphatic rings. The molecule has 3 aromatic rings. The van der Waals surface area contributed by atoms with Crippen LogP contribution in [0.1, 0.15) is 12.0 Å². The molecule has 166 valence electrons. The van der Waals surface area contributed by atoms with Crippen LogP contribution in [0, 0.1) is 6.92 Å². The molecule has 32 heavy (non-hydrogen) atoms. The smallest absolute Gasteiger partial charge is 0.262 e. The zero-order chi connectivity index (χ0) is 22.9. The van der Waals surface area contributed by atoms with E-state index in [0.717, 1.165) is 4.31 Å². The van der Waals surface area contributed by atoms with Gasteiger partial charge < -0.3 is 4.74 Å². The van der Waals surface area contributed by atoms with E-state index >= 15 is 0 Å². The van der Waals surface area contributed by atoms with Gasteiger partial charge in [-0.05, 0) is 67.1 Å². The molecule has 0 bridgehead atoms. The number of sulfonamides is 2. The number of nitrogens with zero attached hydrogens (tertiary/aromatic N) is 1. The van der Waals surface area contributed by atoms with Crippen LogP contribution in [-0.2, 0) is 24.8 Å². The Bertz CT molecular complexity index is 1370. The fourth-order valence-electron chi connectivity index (χ4n) is 3.36. The molecule has 0 spiro atoms. The Morgan fingerprint density at radius 2 is 1.59 bits per heavy atom. The summed E-state index contributed by atoms with van der Waals surface area (Å²) < 4.78 is 58.9. The van der Waals surface area contributed by atoms with Crippen molar-refractivity contribution in [2.24, 2.45) is 0 Å². The zero-order valence-corrected chi connectivity index (χ0v) is 18.7. The van der Waals surface area contributed by atoms with E-state index in [0.29, 0.717) is 22.7 Å². The first kappa shape index (κ1) is 21.8. The van der Waals surface area contributed by atoms with Crippen molar-refractivity contribution < 1.29 is 26.4 Å². The number of carbonyl (C=O) groups excluding carboxylic acids is 1. The Hall–Kier alpha value is -3.37. The molecule has 0 atom stereocenters. The molecule has 10 heteroatoms. The van der Waals surface area contributed by atoms with E-state index in [-0.39, 0.29) is 22.8 Å². The fourth-order valence-corrected chi connectivity index (χ4v) is 6.09. The highest BCUT2D eigenvalue weighted by Crippen LogP contribution is 2.30. The molecule has 1 saturated heterocycles. The Balaban J connectivity index is 1.53. The van der Waals surface area contributed by atoms with Crippen molar-refractivity contribution in [3.05, 3.63) is 78.4 Å². The minimum absolute atomic E-state index is 0.0186. The fraction of sp³-hybridized carbons (Fsp3) is 0.136. The summed E-state index contributed by atoms with van der Waals surface area (Å²) >= 11 is 0. The third-order valence-corrected chi connectivity index (χ3v) is 8.08. The van der Waals surface area contributed by atoms with Gasteiger partial charge in [0.15, 0.2) is 0 Å². The number of aryl methyl sites for hydroxylation is 1. The number of ether oxygens (including phenoxy) is 1. The maximum absolute atomic E-state index is 12.9. The molecule has 0 aromatic heterocycles. The summed E-state index contributed by atoms with van der Waals surface area (Å²) in [6.07, 6.45) is -0.0903. The third kappa shape index (κ3) is 4.46. The molecule has 1 amide bonds. The maximum Gasteiger partial charge on any atom is 0.262 e. The predicted octanol–water partition coefficient (Wildman–Crippen LogP) is 3.65. The molecule has 1 heterocycles. The van der Waals surface area contributed by atoms with Crippen LogP contribution >= 0.6 is 0 Å². The number of hydrogen-bond acceptors (Lipinski definition) is 6. The minimum Gasteiger partial charge on any atom is -0.457 e. The first-order valence-corrected chi connectivity index (χ1v) is 12.8. The van der Waals surface area contributed by atoms with E-state index in [1.54, 1.807) is 31.2 Å². The number of amides is 1. The molecule has 4 rings (SSSR count). The summed E-state index contributed by atoms with van der Waals surface area (Å²) in [4.78, 5) is 12.0. The number of nitrogens with one attached hydrogen (secondary N) is 1. The molecule has 8 nitrogen and oxygen atoms in total. The molecule has 0 saturated carbocycles. The standard InChI is InChI=1S/C22H20N2O6S2/c1-16-15-18(24-22(25)13-14-31(24,26)27)9-12-21(16)32(28,29)23-17-7-10-20(11-8-17)30-19-5-3-2-4-6-19/h2-12,15,23H,13-14H2,1H3. The van der Waals surface area contributed by atoms with E-state index in [9.17, 15) is 21.6 Å². The highest BCUT2D eigenvalue weighted by atomic mass is 32.2. The van der Waals surface area contributed by atoms with Gasteiger partial charge >= 0.3 is 0 Å². The van der Waals surface area contributed by atoms with Crippen LogP contribution in [0.3, 0.4) is 0 Å². The number of carbonyl (C=O) groups is 1. The topological polar surface area (TPSA) is 110 Å². The highest BCUT2D eigenvalue weighted by Gasteiger charge is 2.36. The van der Waals surface area contributed by atoms with Crippen LogP contribution in [-0.4, -0.2) is 28.5 Å². The van der Waals surface area contributed by atoms with Crippen molar-refractivity contribution in [3.63, 3.8) is 0 Å². The van der Waals surface area contributed by atoms with E-state index in [1.807, 2.05) is 30.3 Å². The lowest BCUT2D eigenvalue weighted by molar-refractivity contribution is -0.116. The van der Waals surface area contributed by atoms with E-state index in [1.165, 1.54) is 18.2 Å². The van der Waals surface area contributed by atoms with Crippen molar-refractivity contribution in [1.82, 2.24) is 0 Å². The molecule has 0 unspecified atom stereocenters. The summed E-state index contributed by atoms with van der Waals surface area (Å²) in [6, 6.07) is 19.6. The summed E-state index contributed by atoms with van der Waals surface area (Å²) in [6.45, 7) is 1.54. The average molecular weight is 473 g/mol. The second-order valence-corrected chi connectivity index (χ2v) is 10.8. The van der Waals surface area contributed by atoms with Gasteiger partial charge in [0.05, 0.1) is 16.3 Å². The molecule has 3 aromatic carbocycles. The Morgan fingerprint density at radius 3 is 2.19 bits per heavy atom. The highest BCUT2D eigenvalue weighted by molar-refractivity contribution is 7.94. The first-order valence-electron chi connectivity index (χ1n) is 9.68. The van der Waals surface area contributed by atoms with Crippen molar-refractivity contribution in [3.8, 4) is 11.5 Å². The van der Waals surface area contributed by atoms with Gasteiger partial charge in [-0.15, -0.1) is 0 Å². The van der Waals surface area contributed by atoms with E-state index < -0.39 is 26.0 Å². The predicted molar refractivity (Wildman–Crippen MR) is 121 cm³/mol. The largest absolute Gasteiger partial charge is 0.457 e. The van der Waals surface area contributed by atoms with E-state index in [4.69, 9.17) is 4.74 Å². The Kier molecular flexibility index (Phi) is 5.66. The van der Waals surface area contributed by atoms with Crippen molar-refractivity contribution >= 4 is 37.3 Å². The second kappa shape index (κ2) is 8.29. The number of anilines is 2. The second-order valence-electron chi connectivity index (χ2n) is 7.22. The Labute approximate surface area is 186 Å². The molecule has 1 N–H and O–H groups in total. The van der Waals surface area contributed by atoms with Gasteiger partial charge in [0.25, 0.3) is 10.0 Å². The lowest BCUT2D eigenvalue weighted by atomic mass is 10.2. The summed E-state index contributed by atoms with van der Waals surface area (Å²) in [5.74, 6) is 0.429. The lowest BCUT2D eigenvalue weighted by Crippen LogP contribution is -2.29. The van der Waals surface area contributed by atoms with Crippen LogP contribution < -0.4 is 13.8 Å². The molecule has 1 fully saturated rings. The van der Waals surface area contributed by atoms with Gasteiger partial charge in [0, 0.05) is 12.1 Å². The van der Waals surface area contributed by atoms with Crippen molar-refractivity contribution in [1.29, 1.82) is 0 Å². The monoisotopic (exact) mass is 472 g/mol. The van der Waals surface area contributed by atoms with Crippen LogP contribution in [0.5, 0.6) is 11.5 Å². The summed E-state index contributed by atoms with van der Waals surface area (Å²) in [7, 11) is -7.66. The van der Waals surface area contributed by atoms with Gasteiger partial charge in [-0.3, -0.25) is 9.52 Å². The number of hydrogen-bond donors (Lipinski definition) is 1. The minimum atomic E-state index is -3.94. The van der Waals surface area contributed by atoms with E-state index in [2.05, 4.69) is 4.72 Å². The van der Waals surface area contributed by atoms with Gasteiger partial charge in [-0.25, -0.2) is 21.1 Å². The normalized spacial score (nSPS) is 15.5. The van der Waals surface area contributed by atoms with Gasteiger partial charge in [-0.1, -0.05) is 18.2 Å². The number of benzene rings is 3. The maximum atomic E-state index is 12.9. The van der Waals surface area contributed by atoms with Gasteiger partial charge in [-0.2, -0.15) is 0 Å². The van der Waals surface area contributed by atoms with Crippen LogP contribution in [0.15, 0.2) is 77.7 Å². The number of rotatable bonds is 6. The van der Waals surface area contributed by atoms with Gasteiger partial charge in [0.2, 0.25) is 15.9 Å². The molecular weight excluding hydrogens is 452 g/mol. The van der Waals surface area contributed by atoms with Gasteiger partial charge in [0.1, 0.15) is 11.5 Å². The van der Waals surface area contributed by atoms with Crippen LogP contribution in [0.25, 0.3) is 0 Å². The summed E-state index contributed by atoms with van der Waals surface area (Å²) in [5, 5.41) is 0. The summed E-state index contributed by atoms with van der Waals surface area (Å²) in [5.41, 5.74) is 0.784. The molecule has 0 aliphatic carbocycles. The van der Waals surface area contributed by atoms with Crippen molar-refractivity contribution in [2.45, 2.75) is 18.2 Å². The van der Waals surface area contributed by atoms with Crippen molar-refractivity contribution in [2.75, 3.05) is 14.8 Å². The first-order chi connectivity index (χ1) is 15.2. The third-order valence-electron chi connectivity index (χ3n) is 4.85. The lowest BCUT2D eigenvalue weighted by Gasteiger charge is -2.17. The average Bonchev–Trinajstić information content (AvgIpc) is 3.02. The SMILES string of the molecule is Cc1cc(N2C(=O)CCS2(=O)=O)ccc1S(=O)(=O)Nc1ccc(Oc2ccccc2)cc1. The quantitative estimate of drug-likeness (QED) is 0.586. The zero-order valence-electron chi connectivity index (χ0n) is 17.1. The molecule has 0 radical (unpaired) electrons. The Morgan fingerprint density at radius 1 is 0.938 bits per heavy atom. The molecular formula is C22H20N2O6S2. The molecule has 1 aliphatic heterocycles. The number of para-hydroxylation sites is 1. The van der Waals surface area contributed by atoms with Crippen LogP contribution in [0.4, 0.5) is 11.4 Å².